The molecular formula is C15H21N3O2S. The van der Waals surface area contributed by atoms with E-state index >= 15 is 0 Å². The Balaban J connectivity index is 1.80. The number of carbonyl (C=O) groups excluding carboxylic acids is 2. The number of hydrazine groups is 1. The molecule has 0 unspecified atom stereocenters. The van der Waals surface area contributed by atoms with Gasteiger partial charge in [-0.2, -0.15) is 0 Å². The molecule has 1 saturated heterocycles. The molecule has 5 nitrogen and oxygen atoms in total. The van der Waals surface area contributed by atoms with Gasteiger partial charge < -0.3 is 4.90 Å². The topological polar surface area (TPSA) is 75.4 Å². The van der Waals surface area contributed by atoms with Crippen molar-refractivity contribution < 1.29 is 9.59 Å². The van der Waals surface area contributed by atoms with Crippen molar-refractivity contribution in [2.24, 2.45) is 11.8 Å². The van der Waals surface area contributed by atoms with Crippen LogP contribution in [0.25, 0.3) is 0 Å². The second kappa shape index (κ2) is 7.47. The van der Waals surface area contributed by atoms with E-state index in [1.807, 2.05) is 36.1 Å². The van der Waals surface area contributed by atoms with Gasteiger partial charge in [-0.05, 0) is 31.4 Å². The third-order valence-electron chi connectivity index (χ3n) is 3.81. The Morgan fingerprint density at radius 3 is 2.62 bits per heavy atom. The van der Waals surface area contributed by atoms with Crippen LogP contribution in [0, 0.1) is 12.8 Å². The van der Waals surface area contributed by atoms with E-state index in [-0.39, 0.29) is 17.7 Å². The fourth-order valence-corrected chi connectivity index (χ4v) is 3.39. The largest absolute Gasteiger partial charge is 0.342 e. The van der Waals surface area contributed by atoms with Crippen LogP contribution in [-0.2, 0) is 9.59 Å². The lowest BCUT2D eigenvalue weighted by molar-refractivity contribution is -0.133. The first-order chi connectivity index (χ1) is 10.1. The first-order valence-electron chi connectivity index (χ1n) is 7.08. The van der Waals surface area contributed by atoms with Gasteiger partial charge in [0, 0.05) is 23.9 Å². The van der Waals surface area contributed by atoms with Gasteiger partial charge in [0.05, 0.1) is 5.75 Å². The van der Waals surface area contributed by atoms with Gasteiger partial charge in [0.25, 0.3) is 0 Å². The van der Waals surface area contributed by atoms with Crippen LogP contribution in [0.15, 0.2) is 29.2 Å². The maximum atomic E-state index is 12.2. The Hall–Kier alpha value is -1.53. The van der Waals surface area contributed by atoms with Crippen LogP contribution in [0.2, 0.25) is 0 Å². The minimum atomic E-state index is -0.128. The standard InChI is InChI=1S/C15H21N3O2S/c1-11-4-2-3-5-13(11)21-10-14(19)18-8-6-12(7-9-18)15(20)17-16/h2-5,12H,6-10,16H2,1H3,(H,17,20). The number of piperidine rings is 1. The van der Waals surface area contributed by atoms with E-state index in [0.29, 0.717) is 31.7 Å². The molecule has 0 bridgehead atoms. The zero-order chi connectivity index (χ0) is 15.2. The van der Waals surface area contributed by atoms with Gasteiger partial charge in [-0.15, -0.1) is 11.8 Å². The minimum absolute atomic E-state index is 0.0666. The van der Waals surface area contributed by atoms with Crippen LogP contribution in [0.3, 0.4) is 0 Å². The van der Waals surface area contributed by atoms with Gasteiger partial charge in [-0.1, -0.05) is 18.2 Å². The summed E-state index contributed by atoms with van der Waals surface area (Å²) in [5.74, 6) is 5.52. The van der Waals surface area contributed by atoms with Crippen molar-refractivity contribution in [2.75, 3.05) is 18.8 Å². The van der Waals surface area contributed by atoms with E-state index in [0.717, 1.165) is 4.90 Å². The molecule has 0 atom stereocenters. The molecule has 6 heteroatoms. The minimum Gasteiger partial charge on any atom is -0.342 e. The molecule has 1 aromatic rings. The molecule has 0 saturated carbocycles. The van der Waals surface area contributed by atoms with Crippen molar-refractivity contribution in [3.8, 4) is 0 Å². The van der Waals surface area contributed by atoms with Crippen LogP contribution in [0.4, 0.5) is 0 Å². The van der Waals surface area contributed by atoms with Gasteiger partial charge in [0.2, 0.25) is 11.8 Å². The van der Waals surface area contributed by atoms with Gasteiger partial charge in [0.15, 0.2) is 0 Å². The first kappa shape index (κ1) is 15.9. The Morgan fingerprint density at radius 1 is 1.33 bits per heavy atom. The van der Waals surface area contributed by atoms with Crippen molar-refractivity contribution in [1.29, 1.82) is 0 Å². The summed E-state index contributed by atoms with van der Waals surface area (Å²) in [7, 11) is 0. The van der Waals surface area contributed by atoms with Crippen LogP contribution < -0.4 is 11.3 Å². The van der Waals surface area contributed by atoms with Crippen LogP contribution in [0.5, 0.6) is 0 Å². The Morgan fingerprint density at radius 2 is 2.00 bits per heavy atom. The highest BCUT2D eigenvalue weighted by atomic mass is 32.2. The number of rotatable bonds is 4. The van der Waals surface area contributed by atoms with Crippen molar-refractivity contribution >= 4 is 23.6 Å². The van der Waals surface area contributed by atoms with Crippen molar-refractivity contribution in [3.63, 3.8) is 0 Å². The quantitative estimate of drug-likeness (QED) is 0.381. The molecule has 0 aromatic heterocycles. The lowest BCUT2D eigenvalue weighted by Gasteiger charge is -2.31. The van der Waals surface area contributed by atoms with Crippen LogP contribution in [-0.4, -0.2) is 35.6 Å². The zero-order valence-corrected chi connectivity index (χ0v) is 13.0. The van der Waals surface area contributed by atoms with Gasteiger partial charge in [0.1, 0.15) is 0 Å². The molecule has 0 radical (unpaired) electrons. The number of likely N-dealkylation sites (tertiary alicyclic amines) is 1. The number of hydrogen-bond acceptors (Lipinski definition) is 4. The highest BCUT2D eigenvalue weighted by molar-refractivity contribution is 8.00. The molecule has 1 aliphatic rings. The highest BCUT2D eigenvalue weighted by Crippen LogP contribution is 2.23. The number of carbonyl (C=O) groups is 2. The van der Waals surface area contributed by atoms with E-state index in [4.69, 9.17) is 5.84 Å². The smallest absolute Gasteiger partial charge is 0.237 e. The Bertz CT molecular complexity index is 513. The zero-order valence-electron chi connectivity index (χ0n) is 12.2. The predicted octanol–water partition coefficient (Wildman–Crippen LogP) is 1.32. The summed E-state index contributed by atoms with van der Waals surface area (Å²) >= 11 is 1.57. The maximum absolute atomic E-state index is 12.2. The summed E-state index contributed by atoms with van der Waals surface area (Å²) in [6.45, 7) is 3.31. The highest BCUT2D eigenvalue weighted by Gasteiger charge is 2.26. The van der Waals surface area contributed by atoms with E-state index in [1.54, 1.807) is 11.8 Å². The lowest BCUT2D eigenvalue weighted by Crippen LogP contribution is -2.45. The van der Waals surface area contributed by atoms with Gasteiger partial charge in [-0.25, -0.2) is 5.84 Å². The van der Waals surface area contributed by atoms with Crippen molar-refractivity contribution in [2.45, 2.75) is 24.7 Å². The predicted molar refractivity (Wildman–Crippen MR) is 83.5 cm³/mol. The summed E-state index contributed by atoms with van der Waals surface area (Å²) in [6, 6.07) is 8.06. The molecule has 1 heterocycles. The van der Waals surface area contributed by atoms with E-state index in [1.165, 1.54) is 5.56 Å². The summed E-state index contributed by atoms with van der Waals surface area (Å²) in [4.78, 5) is 26.6. The monoisotopic (exact) mass is 307 g/mol. The second-order valence-electron chi connectivity index (χ2n) is 5.22. The number of amides is 2. The first-order valence-corrected chi connectivity index (χ1v) is 8.07. The molecule has 1 aromatic carbocycles. The van der Waals surface area contributed by atoms with Gasteiger partial charge in [-0.3, -0.25) is 15.0 Å². The number of benzene rings is 1. The van der Waals surface area contributed by atoms with Crippen molar-refractivity contribution in [3.05, 3.63) is 29.8 Å². The molecule has 0 aliphatic carbocycles. The fraction of sp³-hybridized carbons (Fsp3) is 0.467. The van der Waals surface area contributed by atoms with E-state index in [2.05, 4.69) is 5.43 Å². The third kappa shape index (κ3) is 4.22. The second-order valence-corrected chi connectivity index (χ2v) is 6.23. The molecule has 2 rings (SSSR count). The van der Waals surface area contributed by atoms with Crippen LogP contribution in [0.1, 0.15) is 18.4 Å². The Labute approximate surface area is 129 Å². The molecule has 2 amide bonds. The molecule has 1 aliphatic heterocycles. The summed E-state index contributed by atoms with van der Waals surface area (Å²) in [5, 5.41) is 0. The number of nitrogens with two attached hydrogens (primary N) is 1. The molecule has 1 fully saturated rings. The number of nitrogens with zero attached hydrogens (tertiary/aromatic N) is 1. The average molecular weight is 307 g/mol. The molecule has 0 spiro atoms. The Kier molecular flexibility index (Phi) is 5.64. The van der Waals surface area contributed by atoms with Gasteiger partial charge >= 0.3 is 0 Å². The fourth-order valence-electron chi connectivity index (χ4n) is 2.46. The maximum Gasteiger partial charge on any atom is 0.237 e. The van der Waals surface area contributed by atoms with Crippen molar-refractivity contribution in [1.82, 2.24) is 10.3 Å². The lowest BCUT2D eigenvalue weighted by atomic mass is 9.96. The molecular weight excluding hydrogens is 286 g/mol. The summed E-state index contributed by atoms with van der Waals surface area (Å²) in [6.07, 6.45) is 1.37. The number of hydrogen-bond donors (Lipinski definition) is 2. The number of nitrogens with one attached hydrogen (secondary N) is 1. The average Bonchev–Trinajstić information content (AvgIpc) is 2.53. The number of thioether (sulfide) groups is 1. The normalized spacial score (nSPS) is 15.8. The van der Waals surface area contributed by atoms with E-state index in [9.17, 15) is 9.59 Å². The summed E-state index contributed by atoms with van der Waals surface area (Å²) < 4.78 is 0. The SMILES string of the molecule is Cc1ccccc1SCC(=O)N1CCC(C(=O)NN)CC1. The molecule has 114 valence electrons. The van der Waals surface area contributed by atoms with E-state index < -0.39 is 0 Å². The number of aryl methyl sites for hydroxylation is 1. The molecule has 3 N–H and O–H groups in total. The third-order valence-corrected chi connectivity index (χ3v) is 4.97. The molecule has 21 heavy (non-hydrogen) atoms. The summed E-state index contributed by atoms with van der Waals surface area (Å²) in [5.41, 5.74) is 3.37. The van der Waals surface area contributed by atoms with Crippen LogP contribution >= 0.6 is 11.8 Å².